The summed E-state index contributed by atoms with van der Waals surface area (Å²) in [5, 5.41) is 3.45. The van der Waals surface area contributed by atoms with Gasteiger partial charge in [0.25, 0.3) is 0 Å². The van der Waals surface area contributed by atoms with E-state index in [4.69, 9.17) is 9.72 Å². The molecule has 1 aliphatic heterocycles. The van der Waals surface area contributed by atoms with E-state index in [2.05, 4.69) is 25.1 Å². The molecule has 1 amide bonds. The predicted octanol–water partition coefficient (Wildman–Crippen LogP) is 2.83. The van der Waals surface area contributed by atoms with Crippen LogP contribution in [0.25, 0.3) is 0 Å². The van der Waals surface area contributed by atoms with E-state index < -0.39 is 24.0 Å². The van der Waals surface area contributed by atoms with Gasteiger partial charge in [-0.3, -0.25) is 0 Å². The molecule has 7 heteroatoms. The quantitative estimate of drug-likeness (QED) is 0.732. The van der Waals surface area contributed by atoms with Crippen molar-refractivity contribution in [3.63, 3.8) is 0 Å². The van der Waals surface area contributed by atoms with E-state index in [1.165, 1.54) is 0 Å². The average molecular weight is 441 g/mol. The van der Waals surface area contributed by atoms with Gasteiger partial charge in [-0.1, -0.05) is 0 Å². The SMILES string of the molecule is CC(C)(C)OC(=O)N1CCCC(Nc2cnc[c]([Sn]([CH3])([CH3])[CH3])n2)C1. The van der Waals surface area contributed by atoms with Gasteiger partial charge in [0.05, 0.1) is 0 Å². The first-order chi connectivity index (χ1) is 11.0. The third-order valence-electron chi connectivity index (χ3n) is 3.83. The van der Waals surface area contributed by atoms with E-state index in [0.29, 0.717) is 6.54 Å². The molecular formula is C17H30N4O2Sn. The van der Waals surface area contributed by atoms with Gasteiger partial charge in [-0.15, -0.1) is 0 Å². The third kappa shape index (κ3) is 5.79. The summed E-state index contributed by atoms with van der Waals surface area (Å²) in [4.78, 5) is 30.1. The van der Waals surface area contributed by atoms with Gasteiger partial charge >= 0.3 is 149 Å². The van der Waals surface area contributed by atoms with Crippen molar-refractivity contribution in [2.75, 3.05) is 18.4 Å². The van der Waals surface area contributed by atoms with Crippen molar-refractivity contribution in [2.24, 2.45) is 0 Å². The van der Waals surface area contributed by atoms with Gasteiger partial charge in [0, 0.05) is 0 Å². The van der Waals surface area contributed by atoms with Crippen LogP contribution in [0.3, 0.4) is 0 Å². The van der Waals surface area contributed by atoms with E-state index in [-0.39, 0.29) is 12.1 Å². The molecule has 1 N–H and O–H groups in total. The minimum atomic E-state index is -2.23. The number of amides is 1. The first-order valence-electron chi connectivity index (χ1n) is 8.61. The van der Waals surface area contributed by atoms with Crippen molar-refractivity contribution in [1.82, 2.24) is 14.9 Å². The monoisotopic (exact) mass is 442 g/mol. The minimum absolute atomic E-state index is 0.186. The second-order valence-corrected chi connectivity index (χ2v) is 22.8. The molecule has 134 valence electrons. The summed E-state index contributed by atoms with van der Waals surface area (Å²) in [7, 11) is 0. The molecular weight excluding hydrogens is 411 g/mol. The van der Waals surface area contributed by atoms with Crippen molar-refractivity contribution < 1.29 is 9.53 Å². The topological polar surface area (TPSA) is 67.3 Å². The molecule has 0 bridgehead atoms. The molecule has 24 heavy (non-hydrogen) atoms. The molecule has 2 rings (SSSR count). The number of likely N-dealkylation sites (tertiary alicyclic amines) is 1. The molecule has 0 aliphatic carbocycles. The molecule has 1 saturated heterocycles. The fourth-order valence-corrected chi connectivity index (χ4v) is 5.21. The molecule has 0 radical (unpaired) electrons. The molecule has 1 unspecified atom stereocenters. The number of piperidine rings is 1. The van der Waals surface area contributed by atoms with Crippen LogP contribution in [0.4, 0.5) is 10.6 Å². The van der Waals surface area contributed by atoms with E-state index in [0.717, 1.165) is 28.9 Å². The number of rotatable bonds is 3. The number of hydrogen-bond acceptors (Lipinski definition) is 5. The van der Waals surface area contributed by atoms with Gasteiger partial charge in [0.15, 0.2) is 0 Å². The summed E-state index contributed by atoms with van der Waals surface area (Å²) >= 11 is -2.23. The predicted molar refractivity (Wildman–Crippen MR) is 99.5 cm³/mol. The van der Waals surface area contributed by atoms with Crippen LogP contribution < -0.4 is 9.03 Å². The van der Waals surface area contributed by atoms with Crippen LogP contribution in [0.2, 0.25) is 14.8 Å². The van der Waals surface area contributed by atoms with Crippen LogP contribution in [0.5, 0.6) is 0 Å². The maximum absolute atomic E-state index is 12.3. The first kappa shape index (κ1) is 19.3. The fourth-order valence-electron chi connectivity index (χ4n) is 2.59. The Kier molecular flexibility index (Phi) is 5.99. The Balaban J connectivity index is 1.99. The van der Waals surface area contributed by atoms with E-state index >= 15 is 0 Å². The van der Waals surface area contributed by atoms with E-state index in [9.17, 15) is 4.79 Å². The van der Waals surface area contributed by atoms with Crippen LogP contribution in [-0.4, -0.2) is 64.1 Å². The van der Waals surface area contributed by atoms with Gasteiger partial charge < -0.3 is 0 Å². The molecule has 6 nitrogen and oxygen atoms in total. The van der Waals surface area contributed by atoms with Crippen molar-refractivity contribution in [2.45, 2.75) is 60.1 Å². The zero-order valence-electron chi connectivity index (χ0n) is 15.7. The van der Waals surface area contributed by atoms with E-state index in [1.54, 1.807) is 11.1 Å². The standard InChI is InChI=1S/C14H21N4O2.3CH3.Sn/c1-14(2,3)20-13(19)18-8-4-5-11(10-18)17-12-9-15-6-7-16-12;;;;/h6,9,11H,4-5,8,10H2,1-3H3,(H,16,17);3*1H3;. The zero-order chi connectivity index (χ0) is 18.0. The Bertz CT molecular complexity index is 581. The zero-order valence-corrected chi connectivity index (χ0v) is 18.6. The number of nitrogens with one attached hydrogen (secondary N) is 1. The Morgan fingerprint density at radius 2 is 2.04 bits per heavy atom. The molecule has 1 aromatic rings. The fraction of sp³-hybridized carbons (Fsp3) is 0.706. The molecule has 0 spiro atoms. The number of hydrogen-bond donors (Lipinski definition) is 1. The molecule has 2 heterocycles. The summed E-state index contributed by atoms with van der Waals surface area (Å²) in [6.45, 7) is 7.06. The molecule has 1 fully saturated rings. The summed E-state index contributed by atoms with van der Waals surface area (Å²) in [6, 6.07) is 0.186. The summed E-state index contributed by atoms with van der Waals surface area (Å²) in [5.74, 6) is 0.815. The van der Waals surface area contributed by atoms with Crippen molar-refractivity contribution in [1.29, 1.82) is 0 Å². The number of aromatic nitrogens is 2. The molecule has 0 saturated carbocycles. The van der Waals surface area contributed by atoms with Crippen molar-refractivity contribution >= 4 is 34.0 Å². The van der Waals surface area contributed by atoms with Gasteiger partial charge in [-0.25, -0.2) is 0 Å². The molecule has 0 aromatic carbocycles. The first-order valence-corrected chi connectivity index (χ1v) is 18.6. The molecule has 1 atom stereocenters. The maximum atomic E-state index is 12.3. The third-order valence-corrected chi connectivity index (χ3v) is 8.90. The van der Waals surface area contributed by atoms with Crippen LogP contribution in [0.15, 0.2) is 12.4 Å². The van der Waals surface area contributed by atoms with Gasteiger partial charge in [-0.05, 0) is 0 Å². The number of carbonyl (C=O) groups is 1. The Morgan fingerprint density at radius 1 is 1.33 bits per heavy atom. The van der Waals surface area contributed by atoms with E-state index in [1.807, 2.05) is 27.0 Å². The van der Waals surface area contributed by atoms with Crippen LogP contribution in [0.1, 0.15) is 33.6 Å². The Morgan fingerprint density at radius 3 is 2.67 bits per heavy atom. The number of nitrogens with zero attached hydrogens (tertiary/aromatic N) is 3. The Labute approximate surface area is 149 Å². The second-order valence-electron chi connectivity index (χ2n) is 8.45. The normalized spacial score (nSPS) is 19.1. The Hall–Kier alpha value is -1.05. The number of carbonyl (C=O) groups excluding carboxylic acids is 1. The molecule has 1 aliphatic rings. The average Bonchev–Trinajstić information content (AvgIpc) is 2.45. The summed E-state index contributed by atoms with van der Waals surface area (Å²) < 4.78 is 6.64. The van der Waals surface area contributed by atoms with Crippen molar-refractivity contribution in [3.8, 4) is 0 Å². The summed E-state index contributed by atoms with van der Waals surface area (Å²) in [5.41, 5.74) is -0.461. The number of ether oxygens (including phenoxy) is 1. The van der Waals surface area contributed by atoms with Crippen LogP contribution in [-0.2, 0) is 4.74 Å². The molecule has 1 aromatic heterocycles. The number of anilines is 1. The van der Waals surface area contributed by atoms with Crippen LogP contribution in [0, 0.1) is 0 Å². The van der Waals surface area contributed by atoms with Gasteiger partial charge in [0.1, 0.15) is 0 Å². The van der Waals surface area contributed by atoms with Gasteiger partial charge in [-0.2, -0.15) is 0 Å². The summed E-state index contributed by atoms with van der Waals surface area (Å²) in [6.07, 6.45) is 5.41. The second kappa shape index (κ2) is 7.45. The van der Waals surface area contributed by atoms with Gasteiger partial charge in [0.2, 0.25) is 0 Å². The van der Waals surface area contributed by atoms with Crippen molar-refractivity contribution in [3.05, 3.63) is 12.4 Å². The van der Waals surface area contributed by atoms with Crippen LogP contribution >= 0.6 is 0 Å².